The first-order chi connectivity index (χ1) is 7.68. The number of carbonyl (C=O) groups is 1. The highest BCUT2D eigenvalue weighted by Crippen LogP contribution is 2.36. The van der Waals surface area contributed by atoms with Gasteiger partial charge in [0.25, 0.3) is 5.91 Å². The lowest BCUT2D eigenvalue weighted by molar-refractivity contribution is 0.0941. The van der Waals surface area contributed by atoms with Crippen molar-refractivity contribution in [2.75, 3.05) is 6.54 Å². The summed E-state index contributed by atoms with van der Waals surface area (Å²) in [6.07, 6.45) is 4.25. The highest BCUT2D eigenvalue weighted by atomic mass is 79.9. The summed E-state index contributed by atoms with van der Waals surface area (Å²) in [4.78, 5) is 15.9. The van der Waals surface area contributed by atoms with Gasteiger partial charge < -0.3 is 5.32 Å². The number of rotatable bonds is 4. The van der Waals surface area contributed by atoms with Crippen molar-refractivity contribution in [2.45, 2.75) is 19.8 Å². The fourth-order valence-corrected chi connectivity index (χ4v) is 2.16. The standard InChI is InChI=1S/C12H15BrN2O/c1-8(9-4-5-9)7-15-12(16)11-10(13)3-2-6-14-11/h2-3,6,8-9H,4-5,7H2,1H3,(H,15,16). The van der Waals surface area contributed by atoms with Gasteiger partial charge >= 0.3 is 0 Å². The van der Waals surface area contributed by atoms with Crippen molar-refractivity contribution >= 4 is 21.8 Å². The third-order valence-electron chi connectivity index (χ3n) is 2.98. The van der Waals surface area contributed by atoms with E-state index in [0.29, 0.717) is 11.6 Å². The molecule has 1 aromatic heterocycles. The van der Waals surface area contributed by atoms with Crippen LogP contribution in [0.25, 0.3) is 0 Å². The Kier molecular flexibility index (Phi) is 3.59. The normalized spacial score (nSPS) is 16.9. The summed E-state index contributed by atoms with van der Waals surface area (Å²) >= 11 is 3.32. The molecule has 3 nitrogen and oxygen atoms in total. The fourth-order valence-electron chi connectivity index (χ4n) is 1.72. The predicted molar refractivity (Wildman–Crippen MR) is 66.2 cm³/mol. The molecule has 1 fully saturated rings. The van der Waals surface area contributed by atoms with Crippen molar-refractivity contribution in [3.8, 4) is 0 Å². The zero-order valence-corrected chi connectivity index (χ0v) is 10.8. The average molecular weight is 283 g/mol. The minimum Gasteiger partial charge on any atom is -0.350 e. The molecule has 1 aromatic rings. The molecular weight excluding hydrogens is 268 g/mol. The summed E-state index contributed by atoms with van der Waals surface area (Å²) < 4.78 is 0.742. The molecule has 0 saturated heterocycles. The van der Waals surface area contributed by atoms with Crippen LogP contribution in [0.4, 0.5) is 0 Å². The van der Waals surface area contributed by atoms with Gasteiger partial charge in [0.05, 0.1) is 0 Å². The minimum absolute atomic E-state index is 0.0972. The third kappa shape index (κ3) is 2.82. The topological polar surface area (TPSA) is 42.0 Å². The monoisotopic (exact) mass is 282 g/mol. The van der Waals surface area contributed by atoms with Gasteiger partial charge in [0.1, 0.15) is 5.69 Å². The number of carbonyl (C=O) groups excluding carboxylic acids is 1. The lowest BCUT2D eigenvalue weighted by Gasteiger charge is -2.11. The van der Waals surface area contributed by atoms with E-state index >= 15 is 0 Å². The molecule has 4 heteroatoms. The van der Waals surface area contributed by atoms with Crippen LogP contribution in [0.2, 0.25) is 0 Å². The smallest absolute Gasteiger partial charge is 0.271 e. The van der Waals surface area contributed by atoms with Crippen molar-refractivity contribution in [1.29, 1.82) is 0 Å². The van der Waals surface area contributed by atoms with Gasteiger partial charge in [0, 0.05) is 17.2 Å². The Bertz CT molecular complexity index is 390. The van der Waals surface area contributed by atoms with Crippen LogP contribution in [0, 0.1) is 11.8 Å². The average Bonchev–Trinajstić information content (AvgIpc) is 3.10. The number of pyridine rings is 1. The molecule has 0 radical (unpaired) electrons. The number of nitrogens with one attached hydrogen (secondary N) is 1. The van der Waals surface area contributed by atoms with E-state index in [1.54, 1.807) is 12.3 Å². The molecule has 1 aliphatic rings. The van der Waals surface area contributed by atoms with Gasteiger partial charge in [-0.15, -0.1) is 0 Å². The Morgan fingerprint density at radius 3 is 3.06 bits per heavy atom. The lowest BCUT2D eigenvalue weighted by atomic mass is 10.1. The number of hydrogen-bond acceptors (Lipinski definition) is 2. The summed E-state index contributed by atoms with van der Waals surface area (Å²) in [5.41, 5.74) is 0.463. The maximum Gasteiger partial charge on any atom is 0.271 e. The zero-order valence-electron chi connectivity index (χ0n) is 9.24. The van der Waals surface area contributed by atoms with Crippen molar-refractivity contribution < 1.29 is 4.79 Å². The molecule has 1 heterocycles. The van der Waals surface area contributed by atoms with Crippen molar-refractivity contribution in [2.24, 2.45) is 11.8 Å². The van der Waals surface area contributed by atoms with E-state index in [0.717, 1.165) is 16.9 Å². The molecule has 86 valence electrons. The number of halogens is 1. The van der Waals surface area contributed by atoms with Crippen LogP contribution in [0.5, 0.6) is 0 Å². The quantitative estimate of drug-likeness (QED) is 0.923. The molecule has 0 aromatic carbocycles. The van der Waals surface area contributed by atoms with E-state index in [2.05, 4.69) is 33.2 Å². The van der Waals surface area contributed by atoms with Crippen molar-refractivity contribution in [3.63, 3.8) is 0 Å². The predicted octanol–water partition coefficient (Wildman–Crippen LogP) is 2.62. The van der Waals surface area contributed by atoms with Crippen LogP contribution in [-0.2, 0) is 0 Å². The van der Waals surface area contributed by atoms with Gasteiger partial charge in [0.2, 0.25) is 0 Å². The summed E-state index contributed by atoms with van der Waals surface area (Å²) in [5.74, 6) is 1.29. The molecule has 0 bridgehead atoms. The maximum atomic E-state index is 11.8. The number of amides is 1. The maximum absolute atomic E-state index is 11.8. The molecule has 16 heavy (non-hydrogen) atoms. The SMILES string of the molecule is CC(CNC(=O)c1ncccc1Br)C1CC1. The Morgan fingerprint density at radius 1 is 1.69 bits per heavy atom. The van der Waals surface area contributed by atoms with Crippen LogP contribution in [0.1, 0.15) is 30.3 Å². The van der Waals surface area contributed by atoms with E-state index in [4.69, 9.17) is 0 Å². The molecule has 2 rings (SSSR count). The van der Waals surface area contributed by atoms with Gasteiger partial charge in [-0.05, 0) is 52.7 Å². The van der Waals surface area contributed by atoms with Crippen LogP contribution in [0.3, 0.4) is 0 Å². The van der Waals surface area contributed by atoms with Gasteiger partial charge in [-0.3, -0.25) is 4.79 Å². The Morgan fingerprint density at radius 2 is 2.44 bits per heavy atom. The molecule has 1 saturated carbocycles. The van der Waals surface area contributed by atoms with Gasteiger partial charge in [0.15, 0.2) is 0 Å². The van der Waals surface area contributed by atoms with Crippen LogP contribution >= 0.6 is 15.9 Å². The first-order valence-corrected chi connectivity index (χ1v) is 6.36. The fraction of sp³-hybridized carbons (Fsp3) is 0.500. The summed E-state index contributed by atoms with van der Waals surface area (Å²) in [6, 6.07) is 3.62. The van der Waals surface area contributed by atoms with Crippen molar-refractivity contribution in [1.82, 2.24) is 10.3 Å². The van der Waals surface area contributed by atoms with E-state index in [9.17, 15) is 4.79 Å². The molecule has 0 spiro atoms. The largest absolute Gasteiger partial charge is 0.350 e. The number of nitrogens with zero attached hydrogens (tertiary/aromatic N) is 1. The first-order valence-electron chi connectivity index (χ1n) is 5.57. The Hall–Kier alpha value is -0.900. The molecule has 1 N–H and O–H groups in total. The minimum atomic E-state index is -0.0972. The van der Waals surface area contributed by atoms with E-state index in [1.807, 2.05) is 6.07 Å². The second-order valence-electron chi connectivity index (χ2n) is 4.36. The van der Waals surface area contributed by atoms with Gasteiger partial charge in [-0.1, -0.05) is 6.92 Å². The van der Waals surface area contributed by atoms with Crippen LogP contribution < -0.4 is 5.32 Å². The van der Waals surface area contributed by atoms with Crippen LogP contribution in [0.15, 0.2) is 22.8 Å². The molecule has 1 unspecified atom stereocenters. The van der Waals surface area contributed by atoms with E-state index in [1.165, 1.54) is 12.8 Å². The Balaban J connectivity index is 1.90. The zero-order chi connectivity index (χ0) is 11.5. The summed E-state index contributed by atoms with van der Waals surface area (Å²) in [7, 11) is 0. The molecule has 1 atom stereocenters. The first kappa shape index (κ1) is 11.6. The summed E-state index contributed by atoms with van der Waals surface area (Å²) in [5, 5.41) is 2.93. The molecule has 1 amide bonds. The number of hydrogen-bond donors (Lipinski definition) is 1. The van der Waals surface area contributed by atoms with Crippen LogP contribution in [-0.4, -0.2) is 17.4 Å². The Labute approximate surface area is 104 Å². The second-order valence-corrected chi connectivity index (χ2v) is 5.21. The lowest BCUT2D eigenvalue weighted by Crippen LogP contribution is -2.29. The highest BCUT2D eigenvalue weighted by molar-refractivity contribution is 9.10. The van der Waals surface area contributed by atoms with Gasteiger partial charge in [-0.2, -0.15) is 0 Å². The van der Waals surface area contributed by atoms with E-state index in [-0.39, 0.29) is 5.91 Å². The number of aromatic nitrogens is 1. The molecule has 0 aliphatic heterocycles. The highest BCUT2D eigenvalue weighted by Gasteiger charge is 2.28. The summed E-state index contributed by atoms with van der Waals surface area (Å²) in [6.45, 7) is 2.93. The third-order valence-corrected chi connectivity index (χ3v) is 3.62. The second kappa shape index (κ2) is 4.95. The van der Waals surface area contributed by atoms with Crippen molar-refractivity contribution in [3.05, 3.63) is 28.5 Å². The molecule has 1 aliphatic carbocycles. The van der Waals surface area contributed by atoms with E-state index < -0.39 is 0 Å². The molecular formula is C12H15BrN2O. The van der Waals surface area contributed by atoms with Gasteiger partial charge in [-0.25, -0.2) is 4.98 Å².